The molecule has 2 heterocycles. The van der Waals surface area contributed by atoms with Gasteiger partial charge in [0.25, 0.3) is 0 Å². The Morgan fingerprint density at radius 2 is 1.65 bits per heavy atom. The van der Waals surface area contributed by atoms with Crippen molar-refractivity contribution in [1.29, 1.82) is 0 Å². The van der Waals surface area contributed by atoms with Crippen molar-refractivity contribution in [3.63, 3.8) is 0 Å². The summed E-state index contributed by atoms with van der Waals surface area (Å²) in [5, 5.41) is 0. The van der Waals surface area contributed by atoms with Gasteiger partial charge in [-0.05, 0) is 30.6 Å². The summed E-state index contributed by atoms with van der Waals surface area (Å²) in [6.45, 7) is 0.782. The van der Waals surface area contributed by atoms with Crippen LogP contribution in [-0.2, 0) is 18.2 Å². The fourth-order valence-corrected chi connectivity index (χ4v) is 2.27. The van der Waals surface area contributed by atoms with Crippen molar-refractivity contribution in [2.75, 3.05) is 18.6 Å². The van der Waals surface area contributed by atoms with Gasteiger partial charge < -0.3 is 10.7 Å². The summed E-state index contributed by atoms with van der Waals surface area (Å²) in [5.41, 5.74) is 1.27. The molecule has 0 aromatic carbocycles. The van der Waals surface area contributed by atoms with E-state index >= 15 is 0 Å². The molecule has 166 valence electrons. The average molecular weight is 545 g/mol. The molecule has 0 unspecified atom stereocenters. The molecular formula is C25H37IN3NaO. The van der Waals surface area contributed by atoms with Crippen LogP contribution < -0.4 is 29.6 Å². The van der Waals surface area contributed by atoms with Crippen LogP contribution in [-0.4, -0.2) is 33.9 Å². The number of ether oxygens (including phenoxy) is 1. The first-order valence-electron chi connectivity index (χ1n) is 10.0. The van der Waals surface area contributed by atoms with Crippen LogP contribution in [0, 0.1) is 37.0 Å². The Morgan fingerprint density at radius 1 is 1.06 bits per heavy atom. The average Bonchev–Trinajstić information content (AvgIpc) is 3.43. The first-order chi connectivity index (χ1) is 14.7. The van der Waals surface area contributed by atoms with E-state index in [2.05, 4.69) is 56.4 Å². The second-order valence-corrected chi connectivity index (χ2v) is 6.15. The standard InChI is InChI=1S/C9H12N2.C9H11N.C6H10O.CH3I.Na.H/c1-3-4-5-6-9-10-7-8-11(9)2;1-2-3-4-6-9-7-5-8-10-9;1-3-4-5-6-7-2;1-2;;/h1,7-8H,4-6H2,2H3;1,5,8H,3-4,6-7H2;1H,4-6H2,2H3;1H3;;/q;;;;+1;-1. The molecule has 31 heavy (non-hydrogen) atoms. The number of unbranched alkanes of at least 4 members (excludes halogenated alkanes) is 3. The van der Waals surface area contributed by atoms with Gasteiger partial charge in [0.1, 0.15) is 5.82 Å². The maximum atomic E-state index is 5.13. The van der Waals surface area contributed by atoms with Gasteiger partial charge in [-0.1, -0.05) is 28.7 Å². The number of hydrogen-bond donors (Lipinski definition) is 0. The molecule has 2 rings (SSSR count). The van der Waals surface area contributed by atoms with Crippen molar-refractivity contribution in [3.05, 3.63) is 30.5 Å². The Kier molecular flexibility index (Phi) is 32.4. The van der Waals surface area contributed by atoms with Crippen LogP contribution in [0.5, 0.6) is 0 Å². The predicted octanol–water partition coefficient (Wildman–Crippen LogP) is 2.74. The van der Waals surface area contributed by atoms with Gasteiger partial charge in [-0.2, -0.15) is 0 Å². The maximum absolute atomic E-state index is 5.13. The third-order valence-corrected chi connectivity index (χ3v) is 3.81. The van der Waals surface area contributed by atoms with Gasteiger partial charge in [0.05, 0.1) is 0 Å². The predicted molar refractivity (Wildman–Crippen MR) is 140 cm³/mol. The molecule has 0 aliphatic carbocycles. The van der Waals surface area contributed by atoms with Gasteiger partial charge in [0.15, 0.2) is 0 Å². The zero-order valence-corrected chi connectivity index (χ0v) is 23.9. The van der Waals surface area contributed by atoms with E-state index in [-0.39, 0.29) is 31.0 Å². The van der Waals surface area contributed by atoms with E-state index in [1.165, 1.54) is 5.71 Å². The Morgan fingerprint density at radius 3 is 2.10 bits per heavy atom. The van der Waals surface area contributed by atoms with Crippen LogP contribution in [0.1, 0.15) is 58.6 Å². The number of allylic oxidation sites excluding steroid dienone is 1. The third-order valence-electron chi connectivity index (χ3n) is 3.81. The first kappa shape index (κ1) is 34.6. The van der Waals surface area contributed by atoms with Crippen LogP contribution in [0.4, 0.5) is 0 Å². The van der Waals surface area contributed by atoms with Gasteiger partial charge in [0.2, 0.25) is 0 Å². The summed E-state index contributed by atoms with van der Waals surface area (Å²) in [5.74, 6) is 8.86. The summed E-state index contributed by atoms with van der Waals surface area (Å²) in [6, 6.07) is 0. The quantitative estimate of drug-likeness (QED) is 0.158. The zero-order valence-electron chi connectivity index (χ0n) is 20.7. The number of terminal acetylenes is 3. The van der Waals surface area contributed by atoms with Gasteiger partial charge in [-0.25, -0.2) is 4.98 Å². The Labute approximate surface area is 228 Å². The molecule has 0 saturated carbocycles. The minimum Gasteiger partial charge on any atom is -1.00 e. The van der Waals surface area contributed by atoms with Crippen molar-refractivity contribution in [3.8, 4) is 37.0 Å². The molecule has 0 amide bonds. The molecule has 0 bridgehead atoms. The molecule has 1 aromatic rings. The normalized spacial score (nSPS) is 10.2. The summed E-state index contributed by atoms with van der Waals surface area (Å²) in [4.78, 5) is 10.3. The minimum atomic E-state index is 0. The van der Waals surface area contributed by atoms with E-state index in [9.17, 15) is 0 Å². The third kappa shape index (κ3) is 23.5. The van der Waals surface area contributed by atoms with Crippen molar-refractivity contribution < 1.29 is 35.7 Å². The number of aliphatic imine (C=N–C) groups is 1. The van der Waals surface area contributed by atoms with E-state index in [1.54, 1.807) is 7.11 Å². The number of rotatable bonds is 9. The molecule has 1 aromatic heterocycles. The largest absolute Gasteiger partial charge is 1.00 e. The smallest absolute Gasteiger partial charge is 1.00 e. The summed E-state index contributed by atoms with van der Waals surface area (Å²) >= 11 is 2.15. The molecule has 1 aliphatic rings. The fourth-order valence-electron chi connectivity index (χ4n) is 2.27. The van der Waals surface area contributed by atoms with E-state index in [1.807, 2.05) is 35.1 Å². The van der Waals surface area contributed by atoms with E-state index in [0.717, 1.165) is 70.2 Å². The van der Waals surface area contributed by atoms with Crippen LogP contribution in [0.2, 0.25) is 0 Å². The molecule has 1 aliphatic heterocycles. The molecule has 0 fully saturated rings. The van der Waals surface area contributed by atoms with Gasteiger partial charge in [-0.15, -0.1) is 37.0 Å². The molecular weight excluding hydrogens is 508 g/mol. The minimum absolute atomic E-state index is 0. The van der Waals surface area contributed by atoms with Crippen molar-refractivity contribution in [2.45, 2.75) is 57.8 Å². The summed E-state index contributed by atoms with van der Waals surface area (Å²) in [6.07, 6.45) is 31.6. The molecule has 0 N–H and O–H groups in total. The Bertz CT molecular complexity index is 712. The number of methoxy groups -OCH3 is 1. The van der Waals surface area contributed by atoms with E-state index < -0.39 is 0 Å². The maximum Gasteiger partial charge on any atom is 1.00 e. The number of aryl methyl sites for hydroxylation is 2. The van der Waals surface area contributed by atoms with Crippen molar-refractivity contribution in [2.24, 2.45) is 12.0 Å². The molecule has 0 spiro atoms. The zero-order chi connectivity index (χ0) is 22.9. The second-order valence-electron chi connectivity index (χ2n) is 6.15. The number of alkyl halides is 1. The van der Waals surface area contributed by atoms with Gasteiger partial charge in [0, 0.05) is 77.2 Å². The first-order valence-corrected chi connectivity index (χ1v) is 12.2. The van der Waals surface area contributed by atoms with Crippen molar-refractivity contribution >= 4 is 28.3 Å². The monoisotopic (exact) mass is 545 g/mol. The second kappa shape index (κ2) is 29.0. The molecule has 0 saturated heterocycles. The van der Waals surface area contributed by atoms with Gasteiger partial charge >= 0.3 is 29.6 Å². The number of aromatic nitrogens is 2. The number of halogens is 1. The van der Waals surface area contributed by atoms with Gasteiger partial charge in [-0.3, -0.25) is 4.99 Å². The van der Waals surface area contributed by atoms with Crippen LogP contribution in [0.3, 0.4) is 0 Å². The van der Waals surface area contributed by atoms with Crippen LogP contribution >= 0.6 is 22.6 Å². The molecule has 4 nitrogen and oxygen atoms in total. The molecule has 0 radical (unpaired) electrons. The topological polar surface area (TPSA) is 39.4 Å². The molecule has 6 heteroatoms. The van der Waals surface area contributed by atoms with Crippen LogP contribution in [0.15, 0.2) is 29.7 Å². The SMILES string of the molecule is C#CCCCC1=NC=CC1.C#CCCCOC.C#CCCCc1nccn1C.CI.[H-].[Na+]. The summed E-state index contributed by atoms with van der Waals surface area (Å²) < 4.78 is 6.77. The van der Waals surface area contributed by atoms with Crippen LogP contribution in [0.25, 0.3) is 0 Å². The molecule has 0 atom stereocenters. The number of hydrogen-bond acceptors (Lipinski definition) is 3. The Hall–Kier alpha value is -1.01. The number of imidazole rings is 1. The number of nitrogens with zero attached hydrogens (tertiary/aromatic N) is 3. The fraction of sp³-hybridized carbons (Fsp3) is 0.520. The van der Waals surface area contributed by atoms with Crippen molar-refractivity contribution in [1.82, 2.24) is 9.55 Å². The van der Waals surface area contributed by atoms with E-state index in [4.69, 9.17) is 24.0 Å². The summed E-state index contributed by atoms with van der Waals surface area (Å²) in [7, 11) is 3.68. The Balaban J connectivity index is -0.000000175. The van der Waals surface area contributed by atoms with E-state index in [0.29, 0.717) is 0 Å².